The standard InChI is InChI=1S/C8H15N3OS/c1-4-7(5-13-3)10-8-9-6(2)11-12-8/h7H,4-5H2,1-3H3,(H,9,10,11). The highest BCUT2D eigenvalue weighted by Gasteiger charge is 2.08. The second-order valence-corrected chi connectivity index (χ2v) is 3.76. The minimum atomic E-state index is 0.412. The van der Waals surface area contributed by atoms with E-state index < -0.39 is 0 Å². The van der Waals surface area contributed by atoms with E-state index in [9.17, 15) is 0 Å². The van der Waals surface area contributed by atoms with E-state index in [0.717, 1.165) is 12.2 Å². The molecule has 0 fully saturated rings. The molecule has 1 atom stereocenters. The number of aromatic nitrogens is 2. The van der Waals surface area contributed by atoms with E-state index in [-0.39, 0.29) is 0 Å². The van der Waals surface area contributed by atoms with Gasteiger partial charge >= 0.3 is 6.01 Å². The first-order chi connectivity index (χ1) is 6.26. The third kappa shape index (κ3) is 3.26. The molecular weight excluding hydrogens is 186 g/mol. The summed E-state index contributed by atoms with van der Waals surface area (Å²) in [5.41, 5.74) is 0. The highest BCUT2D eigenvalue weighted by Crippen LogP contribution is 2.09. The summed E-state index contributed by atoms with van der Waals surface area (Å²) < 4.78 is 4.96. The van der Waals surface area contributed by atoms with Crippen LogP contribution in [0.4, 0.5) is 6.01 Å². The fourth-order valence-corrected chi connectivity index (χ4v) is 1.71. The average Bonchev–Trinajstić information content (AvgIpc) is 2.50. The molecule has 0 radical (unpaired) electrons. The Kier molecular flexibility index (Phi) is 4.08. The lowest BCUT2D eigenvalue weighted by molar-refractivity contribution is 0.422. The van der Waals surface area contributed by atoms with E-state index in [1.807, 2.05) is 18.7 Å². The SMILES string of the molecule is CCC(CSC)Nc1nc(C)no1. The minimum absolute atomic E-state index is 0.412. The van der Waals surface area contributed by atoms with E-state index in [4.69, 9.17) is 4.52 Å². The molecule has 0 aromatic carbocycles. The van der Waals surface area contributed by atoms with Crippen LogP contribution in [0.2, 0.25) is 0 Å². The quantitative estimate of drug-likeness (QED) is 0.789. The number of hydrogen-bond donors (Lipinski definition) is 1. The van der Waals surface area contributed by atoms with Crippen molar-refractivity contribution in [2.45, 2.75) is 26.3 Å². The zero-order chi connectivity index (χ0) is 9.68. The first-order valence-corrected chi connectivity index (χ1v) is 5.71. The van der Waals surface area contributed by atoms with Crippen LogP contribution in [-0.2, 0) is 0 Å². The van der Waals surface area contributed by atoms with Crippen molar-refractivity contribution >= 4 is 17.8 Å². The van der Waals surface area contributed by atoms with Gasteiger partial charge in [0.1, 0.15) is 0 Å². The topological polar surface area (TPSA) is 51.0 Å². The van der Waals surface area contributed by atoms with Crippen molar-refractivity contribution in [1.82, 2.24) is 10.1 Å². The lowest BCUT2D eigenvalue weighted by atomic mass is 10.3. The molecule has 1 N–H and O–H groups in total. The van der Waals surface area contributed by atoms with Gasteiger partial charge in [0.25, 0.3) is 0 Å². The molecule has 0 aliphatic heterocycles. The molecule has 0 spiro atoms. The summed E-state index contributed by atoms with van der Waals surface area (Å²) in [5.74, 6) is 1.72. The molecule has 0 aliphatic rings. The molecule has 13 heavy (non-hydrogen) atoms. The zero-order valence-electron chi connectivity index (χ0n) is 8.20. The number of hydrogen-bond acceptors (Lipinski definition) is 5. The van der Waals surface area contributed by atoms with E-state index in [0.29, 0.717) is 17.9 Å². The van der Waals surface area contributed by atoms with Crippen molar-refractivity contribution in [3.8, 4) is 0 Å². The number of thioether (sulfide) groups is 1. The molecule has 1 rings (SSSR count). The van der Waals surface area contributed by atoms with Crippen LogP contribution in [0, 0.1) is 6.92 Å². The maximum atomic E-state index is 4.96. The number of rotatable bonds is 5. The van der Waals surface area contributed by atoms with Crippen LogP contribution in [0.1, 0.15) is 19.2 Å². The fourth-order valence-electron chi connectivity index (χ4n) is 0.993. The molecule has 0 saturated carbocycles. The van der Waals surface area contributed by atoms with E-state index >= 15 is 0 Å². The number of anilines is 1. The van der Waals surface area contributed by atoms with E-state index in [1.165, 1.54) is 0 Å². The Balaban J connectivity index is 2.46. The molecule has 0 aliphatic carbocycles. The van der Waals surface area contributed by atoms with Crippen LogP contribution in [0.25, 0.3) is 0 Å². The van der Waals surface area contributed by atoms with Crippen molar-refractivity contribution < 1.29 is 4.52 Å². The Labute approximate surface area is 82.5 Å². The average molecular weight is 201 g/mol. The second-order valence-electron chi connectivity index (χ2n) is 2.85. The first-order valence-electron chi connectivity index (χ1n) is 4.32. The van der Waals surface area contributed by atoms with Crippen molar-refractivity contribution in [2.75, 3.05) is 17.3 Å². The Morgan fingerprint density at radius 3 is 2.85 bits per heavy atom. The molecule has 0 amide bonds. The number of nitrogens with zero attached hydrogens (tertiary/aromatic N) is 2. The molecule has 1 aromatic heterocycles. The van der Waals surface area contributed by atoms with Crippen LogP contribution in [0.15, 0.2) is 4.52 Å². The van der Waals surface area contributed by atoms with Gasteiger partial charge in [0.05, 0.1) is 0 Å². The predicted molar refractivity (Wildman–Crippen MR) is 55.1 cm³/mol. The van der Waals surface area contributed by atoms with Gasteiger partial charge in [-0.25, -0.2) is 0 Å². The summed E-state index contributed by atoms with van der Waals surface area (Å²) in [7, 11) is 0. The van der Waals surface area contributed by atoms with Crippen LogP contribution >= 0.6 is 11.8 Å². The van der Waals surface area contributed by atoms with Gasteiger partial charge < -0.3 is 9.84 Å². The summed E-state index contributed by atoms with van der Waals surface area (Å²) in [4.78, 5) is 4.08. The van der Waals surface area contributed by atoms with Crippen molar-refractivity contribution in [1.29, 1.82) is 0 Å². The number of nitrogens with one attached hydrogen (secondary N) is 1. The fraction of sp³-hybridized carbons (Fsp3) is 0.750. The van der Waals surface area contributed by atoms with E-state index in [2.05, 4.69) is 28.6 Å². The highest BCUT2D eigenvalue weighted by atomic mass is 32.2. The molecule has 0 saturated heterocycles. The largest absolute Gasteiger partial charge is 0.334 e. The third-order valence-corrected chi connectivity index (χ3v) is 2.45. The van der Waals surface area contributed by atoms with Crippen molar-refractivity contribution in [3.63, 3.8) is 0 Å². The lowest BCUT2D eigenvalue weighted by Gasteiger charge is -2.12. The Hall–Kier alpha value is -0.710. The molecule has 4 nitrogen and oxygen atoms in total. The maximum Gasteiger partial charge on any atom is 0.321 e. The summed E-state index contributed by atoms with van der Waals surface area (Å²) in [5, 5.41) is 6.90. The molecule has 5 heteroatoms. The molecule has 74 valence electrons. The van der Waals surface area contributed by atoms with Gasteiger partial charge in [-0.15, -0.1) is 0 Å². The van der Waals surface area contributed by atoms with Crippen molar-refractivity contribution in [3.05, 3.63) is 5.82 Å². The van der Waals surface area contributed by atoms with Crippen LogP contribution < -0.4 is 5.32 Å². The molecule has 0 bridgehead atoms. The predicted octanol–water partition coefficient (Wildman–Crippen LogP) is 1.93. The molecule has 1 unspecified atom stereocenters. The lowest BCUT2D eigenvalue weighted by Crippen LogP contribution is -2.21. The van der Waals surface area contributed by atoms with Gasteiger partial charge in [0.15, 0.2) is 5.82 Å². The smallest absolute Gasteiger partial charge is 0.321 e. The normalized spacial score (nSPS) is 12.8. The minimum Gasteiger partial charge on any atom is -0.334 e. The Bertz CT molecular complexity index is 251. The first kappa shape index (κ1) is 10.4. The maximum absolute atomic E-state index is 4.96. The number of aryl methyl sites for hydroxylation is 1. The third-order valence-electron chi connectivity index (χ3n) is 1.72. The summed E-state index contributed by atoms with van der Waals surface area (Å²) in [6.45, 7) is 3.95. The Morgan fingerprint density at radius 2 is 2.38 bits per heavy atom. The Morgan fingerprint density at radius 1 is 1.62 bits per heavy atom. The van der Waals surface area contributed by atoms with Gasteiger partial charge in [0.2, 0.25) is 0 Å². The van der Waals surface area contributed by atoms with Crippen LogP contribution in [0.5, 0.6) is 0 Å². The van der Waals surface area contributed by atoms with Gasteiger partial charge in [-0.1, -0.05) is 12.1 Å². The van der Waals surface area contributed by atoms with Gasteiger partial charge in [-0.3, -0.25) is 0 Å². The molecule has 1 aromatic rings. The van der Waals surface area contributed by atoms with Crippen molar-refractivity contribution in [2.24, 2.45) is 0 Å². The molecule has 1 heterocycles. The van der Waals surface area contributed by atoms with Crippen LogP contribution in [-0.4, -0.2) is 28.2 Å². The molecular formula is C8H15N3OS. The second kappa shape index (κ2) is 5.11. The summed E-state index contributed by atoms with van der Waals surface area (Å²) in [6, 6.07) is 0.938. The summed E-state index contributed by atoms with van der Waals surface area (Å²) in [6.07, 6.45) is 3.14. The van der Waals surface area contributed by atoms with Gasteiger partial charge in [0, 0.05) is 11.8 Å². The van der Waals surface area contributed by atoms with Crippen LogP contribution in [0.3, 0.4) is 0 Å². The van der Waals surface area contributed by atoms with Gasteiger partial charge in [-0.2, -0.15) is 16.7 Å². The highest BCUT2D eigenvalue weighted by molar-refractivity contribution is 7.98. The monoisotopic (exact) mass is 201 g/mol. The van der Waals surface area contributed by atoms with Gasteiger partial charge in [-0.05, 0) is 19.6 Å². The summed E-state index contributed by atoms with van der Waals surface area (Å²) >= 11 is 1.81. The zero-order valence-corrected chi connectivity index (χ0v) is 9.02. The van der Waals surface area contributed by atoms with E-state index in [1.54, 1.807) is 0 Å².